The monoisotopic (exact) mass is 253 g/mol. The largest absolute Gasteiger partial charge is 0.362 e. The third kappa shape index (κ3) is 2.59. The van der Waals surface area contributed by atoms with E-state index in [-0.39, 0.29) is 0 Å². The summed E-state index contributed by atoms with van der Waals surface area (Å²) in [6, 6.07) is 0. The van der Waals surface area contributed by atoms with E-state index in [0.717, 1.165) is 30.2 Å². The van der Waals surface area contributed by atoms with Gasteiger partial charge in [-0.2, -0.15) is 0 Å². The standard InChI is InChI=1S/C11H15N3S2/c1-3-5-10-13-6-9(16-10)8-7-15-11(14-8)12-4-2/h6-7H,3-5H2,1-2H3,(H,12,14). The van der Waals surface area contributed by atoms with Crippen molar-refractivity contribution in [2.75, 3.05) is 11.9 Å². The molecule has 2 heterocycles. The predicted octanol–water partition coefficient (Wildman–Crippen LogP) is 3.65. The van der Waals surface area contributed by atoms with E-state index in [1.54, 1.807) is 22.7 Å². The summed E-state index contributed by atoms with van der Waals surface area (Å²) in [6.07, 6.45) is 4.14. The molecule has 0 aliphatic rings. The summed E-state index contributed by atoms with van der Waals surface area (Å²) in [4.78, 5) is 10.1. The predicted molar refractivity (Wildman–Crippen MR) is 71.4 cm³/mol. The number of hydrogen-bond donors (Lipinski definition) is 1. The van der Waals surface area contributed by atoms with Crippen LogP contribution in [0.3, 0.4) is 0 Å². The maximum atomic E-state index is 4.52. The van der Waals surface area contributed by atoms with Crippen molar-refractivity contribution in [2.24, 2.45) is 0 Å². The molecule has 16 heavy (non-hydrogen) atoms. The average molecular weight is 253 g/mol. The van der Waals surface area contributed by atoms with Crippen LogP contribution in [0.5, 0.6) is 0 Å². The van der Waals surface area contributed by atoms with E-state index in [2.05, 4.69) is 34.5 Å². The molecule has 86 valence electrons. The van der Waals surface area contributed by atoms with Crippen molar-refractivity contribution in [3.05, 3.63) is 16.6 Å². The first kappa shape index (κ1) is 11.5. The molecule has 0 bridgehead atoms. The van der Waals surface area contributed by atoms with Gasteiger partial charge in [-0.25, -0.2) is 9.97 Å². The highest BCUT2D eigenvalue weighted by Gasteiger charge is 2.07. The minimum Gasteiger partial charge on any atom is -0.362 e. The van der Waals surface area contributed by atoms with Crippen LogP contribution in [0.15, 0.2) is 11.6 Å². The van der Waals surface area contributed by atoms with Crippen LogP contribution in [0.2, 0.25) is 0 Å². The number of nitrogens with one attached hydrogen (secondary N) is 1. The van der Waals surface area contributed by atoms with Crippen LogP contribution in [-0.2, 0) is 6.42 Å². The molecular formula is C11H15N3S2. The summed E-state index contributed by atoms with van der Waals surface area (Å²) in [5.41, 5.74) is 1.04. The molecule has 0 aliphatic carbocycles. The molecule has 5 heteroatoms. The molecule has 0 aromatic carbocycles. The summed E-state index contributed by atoms with van der Waals surface area (Å²) in [7, 11) is 0. The second-order valence-electron chi connectivity index (χ2n) is 3.44. The Balaban J connectivity index is 2.14. The van der Waals surface area contributed by atoms with Gasteiger partial charge in [-0.1, -0.05) is 6.92 Å². The third-order valence-electron chi connectivity index (χ3n) is 2.10. The van der Waals surface area contributed by atoms with Crippen molar-refractivity contribution in [2.45, 2.75) is 26.7 Å². The van der Waals surface area contributed by atoms with E-state index in [9.17, 15) is 0 Å². The lowest BCUT2D eigenvalue weighted by Gasteiger charge is -1.93. The Morgan fingerprint density at radius 3 is 3.00 bits per heavy atom. The van der Waals surface area contributed by atoms with Crippen molar-refractivity contribution >= 4 is 27.8 Å². The second-order valence-corrected chi connectivity index (χ2v) is 5.41. The van der Waals surface area contributed by atoms with Crippen molar-refractivity contribution in [1.29, 1.82) is 0 Å². The highest BCUT2D eigenvalue weighted by atomic mass is 32.1. The van der Waals surface area contributed by atoms with E-state index in [1.165, 1.54) is 9.88 Å². The number of nitrogens with zero attached hydrogens (tertiary/aromatic N) is 2. The third-order valence-corrected chi connectivity index (χ3v) is 3.98. The molecule has 2 rings (SSSR count). The SMILES string of the molecule is CCCc1ncc(-c2csc(NCC)n2)s1. The smallest absolute Gasteiger partial charge is 0.183 e. The van der Waals surface area contributed by atoms with Gasteiger partial charge in [0, 0.05) is 18.1 Å². The highest BCUT2D eigenvalue weighted by molar-refractivity contribution is 7.16. The highest BCUT2D eigenvalue weighted by Crippen LogP contribution is 2.29. The van der Waals surface area contributed by atoms with Gasteiger partial charge < -0.3 is 5.32 Å². The van der Waals surface area contributed by atoms with E-state index < -0.39 is 0 Å². The number of aryl methyl sites for hydroxylation is 1. The van der Waals surface area contributed by atoms with Crippen molar-refractivity contribution in [3.8, 4) is 10.6 Å². The Kier molecular flexibility index (Phi) is 3.90. The first-order chi connectivity index (χ1) is 7.83. The topological polar surface area (TPSA) is 37.8 Å². The molecular weight excluding hydrogens is 238 g/mol. The Hall–Kier alpha value is -0.940. The van der Waals surface area contributed by atoms with E-state index in [4.69, 9.17) is 0 Å². The second kappa shape index (κ2) is 5.41. The first-order valence-electron chi connectivity index (χ1n) is 5.48. The van der Waals surface area contributed by atoms with Crippen molar-refractivity contribution in [1.82, 2.24) is 9.97 Å². The summed E-state index contributed by atoms with van der Waals surface area (Å²) in [6.45, 7) is 5.16. The Bertz CT molecular complexity index is 405. The summed E-state index contributed by atoms with van der Waals surface area (Å²) in [5, 5.41) is 7.50. The van der Waals surface area contributed by atoms with E-state index in [0.29, 0.717) is 0 Å². The Morgan fingerprint density at radius 1 is 1.38 bits per heavy atom. The van der Waals surface area contributed by atoms with Crippen molar-refractivity contribution < 1.29 is 0 Å². The van der Waals surface area contributed by atoms with Gasteiger partial charge in [-0.15, -0.1) is 22.7 Å². The van der Waals surface area contributed by atoms with Gasteiger partial charge >= 0.3 is 0 Å². The fourth-order valence-corrected chi connectivity index (χ4v) is 3.21. The normalized spacial score (nSPS) is 10.6. The van der Waals surface area contributed by atoms with E-state index >= 15 is 0 Å². The van der Waals surface area contributed by atoms with Crippen molar-refractivity contribution in [3.63, 3.8) is 0 Å². The summed E-state index contributed by atoms with van der Waals surface area (Å²) in [5.74, 6) is 0. The number of hydrogen-bond acceptors (Lipinski definition) is 5. The van der Waals surface area contributed by atoms with Crippen LogP contribution in [0.4, 0.5) is 5.13 Å². The van der Waals surface area contributed by atoms with Crippen LogP contribution < -0.4 is 5.32 Å². The zero-order valence-corrected chi connectivity index (χ0v) is 11.1. The summed E-state index contributed by atoms with van der Waals surface area (Å²) >= 11 is 3.40. The average Bonchev–Trinajstić information content (AvgIpc) is 2.87. The van der Waals surface area contributed by atoms with Gasteiger partial charge in [0.25, 0.3) is 0 Å². The van der Waals surface area contributed by atoms with Gasteiger partial charge in [0.15, 0.2) is 5.13 Å². The van der Waals surface area contributed by atoms with Crippen LogP contribution in [-0.4, -0.2) is 16.5 Å². The maximum absolute atomic E-state index is 4.52. The molecule has 1 N–H and O–H groups in total. The molecule has 0 saturated carbocycles. The number of aromatic nitrogens is 2. The molecule has 0 unspecified atom stereocenters. The minimum absolute atomic E-state index is 0.913. The zero-order chi connectivity index (χ0) is 11.4. The Labute approximate surface area is 104 Å². The summed E-state index contributed by atoms with van der Waals surface area (Å²) < 4.78 is 0. The molecule has 0 saturated heterocycles. The fraction of sp³-hybridized carbons (Fsp3) is 0.455. The minimum atomic E-state index is 0.913. The molecule has 2 aromatic rings. The first-order valence-corrected chi connectivity index (χ1v) is 7.17. The quantitative estimate of drug-likeness (QED) is 0.884. The maximum Gasteiger partial charge on any atom is 0.183 e. The lowest BCUT2D eigenvalue weighted by molar-refractivity contribution is 0.909. The molecule has 2 aromatic heterocycles. The molecule has 0 aliphatic heterocycles. The number of rotatable bonds is 5. The van der Waals surface area contributed by atoms with Crippen LogP contribution in [0.25, 0.3) is 10.6 Å². The van der Waals surface area contributed by atoms with Gasteiger partial charge in [-0.3, -0.25) is 0 Å². The lowest BCUT2D eigenvalue weighted by atomic mass is 10.4. The van der Waals surface area contributed by atoms with Crippen LogP contribution in [0.1, 0.15) is 25.3 Å². The van der Waals surface area contributed by atoms with Crippen LogP contribution in [0, 0.1) is 0 Å². The molecule has 3 nitrogen and oxygen atoms in total. The zero-order valence-electron chi connectivity index (χ0n) is 9.49. The molecule has 0 fully saturated rings. The molecule has 0 radical (unpaired) electrons. The lowest BCUT2D eigenvalue weighted by Crippen LogP contribution is -1.94. The van der Waals surface area contributed by atoms with E-state index in [1.807, 2.05) is 6.20 Å². The van der Waals surface area contributed by atoms with Gasteiger partial charge in [0.2, 0.25) is 0 Å². The van der Waals surface area contributed by atoms with Crippen LogP contribution >= 0.6 is 22.7 Å². The Morgan fingerprint density at radius 2 is 2.25 bits per heavy atom. The van der Waals surface area contributed by atoms with Gasteiger partial charge in [-0.05, 0) is 19.8 Å². The molecule has 0 amide bonds. The van der Waals surface area contributed by atoms with Gasteiger partial charge in [0.1, 0.15) is 0 Å². The number of anilines is 1. The molecule has 0 atom stereocenters. The molecule has 0 spiro atoms. The number of thiazole rings is 2. The fourth-order valence-electron chi connectivity index (χ4n) is 1.38. The van der Waals surface area contributed by atoms with Gasteiger partial charge in [0.05, 0.1) is 15.6 Å².